The van der Waals surface area contributed by atoms with Gasteiger partial charge in [-0.2, -0.15) is 13.2 Å². The number of nitrogens with zero attached hydrogens (tertiary/aromatic N) is 3. The van der Waals surface area contributed by atoms with Crippen LogP contribution in [0, 0.1) is 0 Å². The number of ether oxygens (including phenoxy) is 1. The Morgan fingerprint density at radius 1 is 1.23 bits per heavy atom. The molecule has 1 saturated heterocycles. The van der Waals surface area contributed by atoms with Crippen LogP contribution in [-0.2, 0) is 6.18 Å². The van der Waals surface area contributed by atoms with Gasteiger partial charge in [0.1, 0.15) is 6.10 Å². The maximum absolute atomic E-state index is 12.7. The molecule has 1 fully saturated rings. The highest BCUT2D eigenvalue weighted by molar-refractivity contribution is 5.95. The van der Waals surface area contributed by atoms with Crippen LogP contribution >= 0.6 is 0 Å². The third-order valence-electron chi connectivity index (χ3n) is 4.09. The van der Waals surface area contributed by atoms with Crippen LogP contribution in [0.5, 0.6) is 5.88 Å². The van der Waals surface area contributed by atoms with Gasteiger partial charge in [-0.05, 0) is 24.3 Å². The number of likely N-dealkylation sites (tertiary alicyclic amines) is 1. The summed E-state index contributed by atoms with van der Waals surface area (Å²) in [5, 5.41) is 0. The highest BCUT2D eigenvalue weighted by Crippen LogP contribution is 2.31. The van der Waals surface area contributed by atoms with Crippen molar-refractivity contribution in [1.29, 1.82) is 0 Å². The molecule has 138 valence electrons. The zero-order valence-corrected chi connectivity index (χ0v) is 14.3. The molecule has 0 spiro atoms. The van der Waals surface area contributed by atoms with Crippen LogP contribution in [-0.4, -0.2) is 49.1 Å². The highest BCUT2D eigenvalue weighted by atomic mass is 19.4. The number of hydrogen-bond acceptors (Lipinski definition) is 4. The standard InChI is InChI=1S/C18H18F3N3O2/c1-23(2)14-5-3-4-12(8-14)17(25)24-10-15(11-24)26-16-9-13(6-7-22-16)18(19,20)21/h3-9,15H,10-11H2,1-2H3. The lowest BCUT2D eigenvalue weighted by molar-refractivity contribution is -0.137. The molecule has 0 saturated carbocycles. The Hall–Kier alpha value is -2.77. The summed E-state index contributed by atoms with van der Waals surface area (Å²) in [6, 6.07) is 9.00. The molecule has 0 atom stereocenters. The Labute approximate surface area is 149 Å². The van der Waals surface area contributed by atoms with E-state index in [4.69, 9.17) is 4.74 Å². The second-order valence-corrected chi connectivity index (χ2v) is 6.28. The number of halogens is 3. The number of carbonyl (C=O) groups is 1. The van der Waals surface area contributed by atoms with Crippen LogP contribution in [0.4, 0.5) is 18.9 Å². The summed E-state index contributed by atoms with van der Waals surface area (Å²) in [7, 11) is 3.78. The number of anilines is 1. The molecular formula is C18H18F3N3O2. The molecule has 0 aliphatic carbocycles. The molecule has 1 aliphatic heterocycles. The fourth-order valence-corrected chi connectivity index (χ4v) is 2.60. The van der Waals surface area contributed by atoms with Crippen LogP contribution in [0.2, 0.25) is 0 Å². The second-order valence-electron chi connectivity index (χ2n) is 6.28. The lowest BCUT2D eigenvalue weighted by Crippen LogP contribution is -2.56. The minimum Gasteiger partial charge on any atom is -0.471 e. The fourth-order valence-electron chi connectivity index (χ4n) is 2.60. The molecule has 0 bridgehead atoms. The summed E-state index contributed by atoms with van der Waals surface area (Å²) in [6.07, 6.45) is -3.75. The van der Waals surface area contributed by atoms with Gasteiger partial charge in [-0.3, -0.25) is 4.79 Å². The van der Waals surface area contributed by atoms with Crippen LogP contribution in [0.15, 0.2) is 42.6 Å². The van der Waals surface area contributed by atoms with Crippen LogP contribution < -0.4 is 9.64 Å². The van der Waals surface area contributed by atoms with Gasteiger partial charge >= 0.3 is 6.18 Å². The van der Waals surface area contributed by atoms with Crippen molar-refractivity contribution in [3.63, 3.8) is 0 Å². The number of aromatic nitrogens is 1. The van der Waals surface area contributed by atoms with Crippen LogP contribution in [0.3, 0.4) is 0 Å². The van der Waals surface area contributed by atoms with Gasteiger partial charge in [0.25, 0.3) is 5.91 Å². The molecule has 2 aromatic rings. The summed E-state index contributed by atoms with van der Waals surface area (Å²) >= 11 is 0. The molecule has 8 heteroatoms. The predicted molar refractivity (Wildman–Crippen MR) is 90.3 cm³/mol. The second kappa shape index (κ2) is 6.86. The third-order valence-corrected chi connectivity index (χ3v) is 4.09. The quantitative estimate of drug-likeness (QED) is 0.836. The number of rotatable bonds is 4. The predicted octanol–water partition coefficient (Wildman–Crippen LogP) is 3.07. The van der Waals surface area contributed by atoms with Gasteiger partial charge in [0, 0.05) is 37.6 Å². The Kier molecular flexibility index (Phi) is 4.76. The molecular weight excluding hydrogens is 347 g/mol. The van der Waals surface area contributed by atoms with E-state index in [0.29, 0.717) is 18.7 Å². The Morgan fingerprint density at radius 2 is 1.96 bits per heavy atom. The van der Waals surface area contributed by atoms with Crippen LogP contribution in [0.1, 0.15) is 15.9 Å². The van der Waals surface area contributed by atoms with Crippen molar-refractivity contribution in [3.05, 3.63) is 53.7 Å². The summed E-state index contributed by atoms with van der Waals surface area (Å²) in [4.78, 5) is 19.8. The average Bonchev–Trinajstić information content (AvgIpc) is 2.57. The van der Waals surface area contributed by atoms with Crippen molar-refractivity contribution in [2.24, 2.45) is 0 Å². The maximum Gasteiger partial charge on any atom is 0.416 e. The minimum atomic E-state index is -4.44. The van der Waals surface area contributed by atoms with E-state index in [2.05, 4.69) is 4.98 Å². The van der Waals surface area contributed by atoms with E-state index < -0.39 is 11.7 Å². The summed E-state index contributed by atoms with van der Waals surface area (Å²) < 4.78 is 43.6. The molecule has 0 unspecified atom stereocenters. The molecule has 2 heterocycles. The largest absolute Gasteiger partial charge is 0.471 e. The highest BCUT2D eigenvalue weighted by Gasteiger charge is 2.34. The third kappa shape index (κ3) is 3.89. The first-order valence-corrected chi connectivity index (χ1v) is 8.00. The molecule has 26 heavy (non-hydrogen) atoms. The molecule has 1 aromatic heterocycles. The monoisotopic (exact) mass is 365 g/mol. The molecule has 0 N–H and O–H groups in total. The van der Waals surface area contributed by atoms with Gasteiger partial charge in [0.15, 0.2) is 0 Å². The van der Waals surface area contributed by atoms with Crippen molar-refractivity contribution in [2.75, 3.05) is 32.1 Å². The van der Waals surface area contributed by atoms with Gasteiger partial charge in [-0.15, -0.1) is 0 Å². The number of carbonyl (C=O) groups excluding carboxylic acids is 1. The van der Waals surface area contributed by atoms with Crippen molar-refractivity contribution in [3.8, 4) is 5.88 Å². The zero-order chi connectivity index (χ0) is 18.9. The van der Waals surface area contributed by atoms with E-state index in [1.165, 1.54) is 0 Å². The first-order valence-electron chi connectivity index (χ1n) is 8.00. The van der Waals surface area contributed by atoms with Crippen molar-refractivity contribution >= 4 is 11.6 Å². The van der Waals surface area contributed by atoms with Gasteiger partial charge < -0.3 is 14.5 Å². The smallest absolute Gasteiger partial charge is 0.416 e. The van der Waals surface area contributed by atoms with Gasteiger partial charge in [0.05, 0.1) is 18.7 Å². The molecule has 1 amide bonds. The summed E-state index contributed by atoms with van der Waals surface area (Å²) in [6.45, 7) is 0.617. The lowest BCUT2D eigenvalue weighted by atomic mass is 10.1. The summed E-state index contributed by atoms with van der Waals surface area (Å²) in [5.41, 5.74) is 0.666. The van der Waals surface area contributed by atoms with Gasteiger partial charge in [0.2, 0.25) is 5.88 Å². The van der Waals surface area contributed by atoms with E-state index in [1.54, 1.807) is 17.0 Å². The average molecular weight is 365 g/mol. The molecule has 1 aromatic carbocycles. The molecule has 5 nitrogen and oxygen atoms in total. The first-order chi connectivity index (χ1) is 12.2. The molecule has 0 radical (unpaired) electrons. The number of amides is 1. The van der Waals surface area contributed by atoms with Gasteiger partial charge in [-0.25, -0.2) is 4.98 Å². The van der Waals surface area contributed by atoms with E-state index in [1.807, 2.05) is 31.1 Å². The van der Waals surface area contributed by atoms with Gasteiger partial charge in [-0.1, -0.05) is 6.07 Å². The first kappa shape index (κ1) is 18.0. The number of alkyl halides is 3. The van der Waals surface area contributed by atoms with E-state index in [9.17, 15) is 18.0 Å². The van der Waals surface area contributed by atoms with E-state index >= 15 is 0 Å². The van der Waals surface area contributed by atoms with Crippen molar-refractivity contribution in [2.45, 2.75) is 12.3 Å². The SMILES string of the molecule is CN(C)c1cccc(C(=O)N2CC(Oc3cc(C(F)(F)F)ccn3)C2)c1. The number of pyridine rings is 1. The number of hydrogen-bond donors (Lipinski definition) is 0. The normalized spacial score (nSPS) is 14.7. The maximum atomic E-state index is 12.7. The Bertz CT molecular complexity index is 802. The Morgan fingerprint density at radius 3 is 2.62 bits per heavy atom. The number of benzene rings is 1. The zero-order valence-electron chi connectivity index (χ0n) is 14.3. The van der Waals surface area contributed by atoms with Crippen LogP contribution in [0.25, 0.3) is 0 Å². The topological polar surface area (TPSA) is 45.7 Å². The minimum absolute atomic E-state index is 0.0912. The van der Waals surface area contributed by atoms with Crippen molar-refractivity contribution in [1.82, 2.24) is 9.88 Å². The fraction of sp³-hybridized carbons (Fsp3) is 0.333. The van der Waals surface area contributed by atoms with Crippen molar-refractivity contribution < 1.29 is 22.7 Å². The molecule has 1 aliphatic rings. The molecule has 3 rings (SSSR count). The lowest BCUT2D eigenvalue weighted by Gasteiger charge is -2.38. The van der Waals surface area contributed by atoms with E-state index in [-0.39, 0.29) is 17.9 Å². The van der Waals surface area contributed by atoms with E-state index in [0.717, 1.165) is 24.0 Å². The summed E-state index contributed by atoms with van der Waals surface area (Å²) in [5.74, 6) is -0.225. The Balaban J connectivity index is 1.59.